The number of hydrogen-bond acceptors (Lipinski definition) is 6. The maximum Gasteiger partial charge on any atom is 0.306 e. The number of carbonyl (C=O) groups excluding carboxylic acids is 3. The van der Waals surface area contributed by atoms with E-state index in [2.05, 4.69) is 130 Å². The van der Waals surface area contributed by atoms with Crippen molar-refractivity contribution in [2.24, 2.45) is 0 Å². The highest BCUT2D eigenvalue weighted by atomic mass is 16.6. The summed E-state index contributed by atoms with van der Waals surface area (Å²) >= 11 is 0. The minimum Gasteiger partial charge on any atom is -0.462 e. The molecule has 1 unspecified atom stereocenters. The standard InChI is InChI=1S/C63H104O6/c1-4-7-10-13-16-18-20-22-24-25-26-27-28-29-30-31-32-33-34-35-36-37-39-40-42-44-47-50-53-56-62(65)68-59-60(58-67-61(64)55-52-49-46-15-12-9-6-3)69-63(66)57-54-51-48-45-43-41-38-23-21-19-17-14-11-8-5-2/h7-8,10-11,16-19,22-24,26-27,29-30,38,43,45,60H,4-6,9,12-15,20-21,25,28,31-37,39-42,44,46-59H2,1-3H3/b10-7-,11-8-,18-16-,19-17-,24-22-,27-26-,30-29-,38-23-,45-43-. The van der Waals surface area contributed by atoms with Crippen molar-refractivity contribution in [3.63, 3.8) is 0 Å². The van der Waals surface area contributed by atoms with Crippen LogP contribution in [0.3, 0.4) is 0 Å². The Morgan fingerprint density at radius 1 is 0.304 bits per heavy atom. The second-order valence-corrected chi connectivity index (χ2v) is 18.4. The Hall–Kier alpha value is -3.93. The summed E-state index contributed by atoms with van der Waals surface area (Å²) in [6, 6.07) is 0. The number of rotatable bonds is 50. The Morgan fingerprint density at radius 2 is 0.565 bits per heavy atom. The summed E-state index contributed by atoms with van der Waals surface area (Å²) in [5.41, 5.74) is 0. The Bertz CT molecular complexity index is 1420. The van der Waals surface area contributed by atoms with Crippen LogP contribution in [0.25, 0.3) is 0 Å². The van der Waals surface area contributed by atoms with Gasteiger partial charge >= 0.3 is 17.9 Å². The van der Waals surface area contributed by atoms with E-state index < -0.39 is 6.10 Å². The van der Waals surface area contributed by atoms with Gasteiger partial charge < -0.3 is 14.2 Å². The fourth-order valence-corrected chi connectivity index (χ4v) is 7.58. The van der Waals surface area contributed by atoms with Crippen molar-refractivity contribution in [2.75, 3.05) is 13.2 Å². The highest BCUT2D eigenvalue weighted by molar-refractivity contribution is 5.71. The van der Waals surface area contributed by atoms with Crippen molar-refractivity contribution in [3.8, 4) is 0 Å². The molecule has 69 heavy (non-hydrogen) atoms. The normalized spacial score (nSPS) is 12.9. The van der Waals surface area contributed by atoms with Crippen LogP contribution in [0, 0.1) is 0 Å². The maximum absolute atomic E-state index is 12.8. The van der Waals surface area contributed by atoms with E-state index in [-0.39, 0.29) is 37.5 Å². The average molecular weight is 958 g/mol. The number of ether oxygens (including phenoxy) is 3. The van der Waals surface area contributed by atoms with Crippen molar-refractivity contribution in [3.05, 3.63) is 109 Å². The van der Waals surface area contributed by atoms with E-state index in [0.717, 1.165) is 109 Å². The third-order valence-electron chi connectivity index (χ3n) is 11.8. The molecule has 6 nitrogen and oxygen atoms in total. The van der Waals surface area contributed by atoms with Gasteiger partial charge in [0.1, 0.15) is 13.2 Å². The molecule has 6 heteroatoms. The molecule has 0 aliphatic heterocycles. The van der Waals surface area contributed by atoms with E-state index in [1.165, 1.54) is 96.3 Å². The molecule has 0 saturated carbocycles. The third-order valence-corrected chi connectivity index (χ3v) is 11.8. The number of allylic oxidation sites excluding steroid dienone is 18. The van der Waals surface area contributed by atoms with Crippen LogP contribution in [-0.2, 0) is 28.6 Å². The van der Waals surface area contributed by atoms with Crippen molar-refractivity contribution in [2.45, 2.75) is 258 Å². The van der Waals surface area contributed by atoms with Gasteiger partial charge in [-0.25, -0.2) is 0 Å². The Labute approximate surface area is 425 Å². The molecule has 0 aromatic carbocycles. The summed E-state index contributed by atoms with van der Waals surface area (Å²) in [7, 11) is 0. The number of unbranched alkanes of at least 4 members (excludes halogenated alkanes) is 21. The van der Waals surface area contributed by atoms with Crippen LogP contribution >= 0.6 is 0 Å². The monoisotopic (exact) mass is 957 g/mol. The summed E-state index contributed by atoms with van der Waals surface area (Å²) in [5, 5.41) is 0. The molecule has 0 fully saturated rings. The minimum absolute atomic E-state index is 0.0945. The molecule has 0 aromatic heterocycles. The van der Waals surface area contributed by atoms with Crippen LogP contribution in [0.2, 0.25) is 0 Å². The molecule has 1 atom stereocenters. The minimum atomic E-state index is -0.797. The van der Waals surface area contributed by atoms with E-state index in [1.54, 1.807) is 0 Å². The van der Waals surface area contributed by atoms with Crippen molar-refractivity contribution < 1.29 is 28.6 Å². The van der Waals surface area contributed by atoms with Gasteiger partial charge in [0.15, 0.2) is 6.10 Å². The summed E-state index contributed by atoms with van der Waals surface area (Å²) in [6.07, 6.45) is 76.9. The zero-order valence-electron chi connectivity index (χ0n) is 44.8. The van der Waals surface area contributed by atoms with Crippen molar-refractivity contribution in [1.82, 2.24) is 0 Å². The molecule has 0 spiro atoms. The molecule has 0 aromatic rings. The molecule has 0 aliphatic carbocycles. The lowest BCUT2D eigenvalue weighted by atomic mass is 10.0. The SMILES string of the molecule is CC/C=C\C/C=C\C/C=C\C/C=C\C/C=C\CCCCCCCCCCCCCCCC(=O)OCC(COC(=O)CCCCCCCCC)OC(=O)CCCC/C=C\C/C=C\C/C=C\C/C=C\CC. The molecule has 0 N–H and O–H groups in total. The predicted octanol–water partition coefficient (Wildman–Crippen LogP) is 19.1. The largest absolute Gasteiger partial charge is 0.462 e. The van der Waals surface area contributed by atoms with Gasteiger partial charge in [-0.3, -0.25) is 14.4 Å². The lowest BCUT2D eigenvalue weighted by Crippen LogP contribution is -2.30. The van der Waals surface area contributed by atoms with Crippen LogP contribution in [0.4, 0.5) is 0 Å². The van der Waals surface area contributed by atoms with Gasteiger partial charge in [-0.05, 0) is 103 Å². The fraction of sp³-hybridized carbons (Fsp3) is 0.667. The fourth-order valence-electron chi connectivity index (χ4n) is 7.58. The van der Waals surface area contributed by atoms with E-state index in [1.807, 2.05) is 0 Å². The van der Waals surface area contributed by atoms with Gasteiger partial charge in [-0.2, -0.15) is 0 Å². The Balaban J connectivity index is 4.15. The Morgan fingerprint density at radius 3 is 0.913 bits per heavy atom. The first kappa shape index (κ1) is 65.1. The van der Waals surface area contributed by atoms with Gasteiger partial charge in [-0.15, -0.1) is 0 Å². The van der Waals surface area contributed by atoms with E-state index in [0.29, 0.717) is 19.3 Å². The van der Waals surface area contributed by atoms with Gasteiger partial charge in [0.25, 0.3) is 0 Å². The van der Waals surface area contributed by atoms with Gasteiger partial charge in [-0.1, -0.05) is 239 Å². The molecular weight excluding hydrogens is 853 g/mol. The number of hydrogen-bond donors (Lipinski definition) is 0. The highest BCUT2D eigenvalue weighted by Gasteiger charge is 2.19. The molecule has 0 heterocycles. The van der Waals surface area contributed by atoms with Gasteiger partial charge in [0, 0.05) is 19.3 Å². The molecule has 0 saturated heterocycles. The highest BCUT2D eigenvalue weighted by Crippen LogP contribution is 2.15. The number of esters is 3. The molecule has 0 rings (SSSR count). The summed E-state index contributed by atoms with van der Waals surface area (Å²) < 4.78 is 16.7. The summed E-state index contributed by atoms with van der Waals surface area (Å²) in [6.45, 7) is 6.33. The molecule has 0 radical (unpaired) electrons. The van der Waals surface area contributed by atoms with Crippen molar-refractivity contribution in [1.29, 1.82) is 0 Å². The molecule has 0 amide bonds. The first-order valence-electron chi connectivity index (χ1n) is 28.4. The van der Waals surface area contributed by atoms with Crippen LogP contribution in [0.1, 0.15) is 252 Å². The van der Waals surface area contributed by atoms with Crippen LogP contribution in [-0.4, -0.2) is 37.2 Å². The van der Waals surface area contributed by atoms with Gasteiger partial charge in [0.2, 0.25) is 0 Å². The molecule has 0 bridgehead atoms. The quantitative estimate of drug-likeness (QED) is 0.0262. The predicted molar refractivity (Wildman–Crippen MR) is 297 cm³/mol. The van der Waals surface area contributed by atoms with Crippen LogP contribution in [0.15, 0.2) is 109 Å². The maximum atomic E-state index is 12.8. The first-order chi connectivity index (χ1) is 34.0. The molecular formula is C63H104O6. The second kappa shape index (κ2) is 56.7. The smallest absolute Gasteiger partial charge is 0.306 e. The zero-order valence-corrected chi connectivity index (χ0v) is 44.8. The summed E-state index contributed by atoms with van der Waals surface area (Å²) in [5.74, 6) is -0.945. The second-order valence-electron chi connectivity index (χ2n) is 18.4. The van der Waals surface area contributed by atoms with Gasteiger partial charge in [0.05, 0.1) is 0 Å². The lowest BCUT2D eigenvalue weighted by molar-refractivity contribution is -0.167. The lowest BCUT2D eigenvalue weighted by Gasteiger charge is -2.18. The van der Waals surface area contributed by atoms with Crippen LogP contribution in [0.5, 0.6) is 0 Å². The van der Waals surface area contributed by atoms with E-state index in [4.69, 9.17) is 14.2 Å². The molecule has 392 valence electrons. The third kappa shape index (κ3) is 54.9. The average Bonchev–Trinajstić information content (AvgIpc) is 3.35. The first-order valence-corrected chi connectivity index (χ1v) is 28.4. The zero-order chi connectivity index (χ0) is 50.0. The van der Waals surface area contributed by atoms with Crippen LogP contribution < -0.4 is 0 Å². The topological polar surface area (TPSA) is 78.9 Å². The summed E-state index contributed by atoms with van der Waals surface area (Å²) in [4.78, 5) is 37.9. The number of carbonyl (C=O) groups is 3. The van der Waals surface area contributed by atoms with E-state index >= 15 is 0 Å². The Kier molecular flexibility index (Phi) is 53.4. The molecule has 0 aliphatic rings. The van der Waals surface area contributed by atoms with E-state index in [9.17, 15) is 14.4 Å². The van der Waals surface area contributed by atoms with Crippen molar-refractivity contribution >= 4 is 17.9 Å².